The summed E-state index contributed by atoms with van der Waals surface area (Å²) in [7, 11) is 1.40. The van der Waals surface area contributed by atoms with Crippen LogP contribution in [0.5, 0.6) is 5.75 Å². The van der Waals surface area contributed by atoms with Gasteiger partial charge in [0.2, 0.25) is 5.91 Å². The molecule has 1 fully saturated rings. The average molecular weight is 661 g/mol. The molecule has 10 nitrogen and oxygen atoms in total. The summed E-state index contributed by atoms with van der Waals surface area (Å²) in [4.78, 5) is 54.7. The second-order valence-corrected chi connectivity index (χ2v) is 12.8. The average Bonchev–Trinajstić information content (AvgIpc) is 3.03. The molecule has 0 bridgehead atoms. The van der Waals surface area contributed by atoms with Crippen LogP contribution < -0.4 is 15.4 Å². The fourth-order valence-electron chi connectivity index (χ4n) is 6.91. The third-order valence-electron chi connectivity index (χ3n) is 9.17. The van der Waals surface area contributed by atoms with Crippen LogP contribution >= 0.6 is 0 Å². The Morgan fingerprint density at radius 3 is 2.21 bits per heavy atom. The van der Waals surface area contributed by atoms with E-state index in [0.29, 0.717) is 11.4 Å². The lowest BCUT2D eigenvalue weighted by atomic mass is 9.94. The second-order valence-electron chi connectivity index (χ2n) is 12.8. The molecule has 2 aromatic carbocycles. The smallest absolute Gasteiger partial charge is 0.281 e. The number of hydrogen-bond donors (Lipinski definition) is 1. The summed E-state index contributed by atoms with van der Waals surface area (Å²) in [6, 6.07) is 2.81. The lowest BCUT2D eigenvalue weighted by Gasteiger charge is -2.50. The maximum absolute atomic E-state index is 17.3. The molecule has 250 valence electrons. The van der Waals surface area contributed by atoms with Crippen molar-refractivity contribution in [3.63, 3.8) is 0 Å². The van der Waals surface area contributed by atoms with Crippen LogP contribution in [0.3, 0.4) is 0 Å². The van der Waals surface area contributed by atoms with E-state index >= 15 is 13.2 Å². The molecular weight excluding hydrogens is 625 g/mol. The minimum Gasteiger partial charge on any atom is -0.507 e. The molecule has 2 atom stereocenters. The Morgan fingerprint density at radius 1 is 0.979 bits per heavy atom. The van der Waals surface area contributed by atoms with Gasteiger partial charge in [-0.25, -0.2) is 23.1 Å². The Labute approximate surface area is 274 Å². The van der Waals surface area contributed by atoms with Gasteiger partial charge in [-0.1, -0.05) is 40.3 Å². The summed E-state index contributed by atoms with van der Waals surface area (Å²) in [5.41, 5.74) is -1.89. The van der Waals surface area contributed by atoms with Crippen LogP contribution in [0, 0.1) is 17.5 Å². The van der Waals surface area contributed by atoms with Gasteiger partial charge in [0, 0.05) is 25.0 Å². The highest BCUT2D eigenvalue weighted by Gasteiger charge is 2.46. The number of anilines is 2. The van der Waals surface area contributed by atoms with Crippen LogP contribution in [0.15, 0.2) is 48.0 Å². The first-order chi connectivity index (χ1) is 22.7. The maximum Gasteiger partial charge on any atom is 0.281 e. The summed E-state index contributed by atoms with van der Waals surface area (Å²) in [5.74, 6) is -5.75. The number of hydrogen-bond acceptors (Lipinski definition) is 7. The number of amides is 2. The number of aromatic hydroxyl groups is 1. The highest BCUT2D eigenvalue weighted by Crippen LogP contribution is 2.46. The molecule has 13 heteroatoms. The number of pyridine rings is 1. The molecule has 48 heavy (non-hydrogen) atoms. The van der Waals surface area contributed by atoms with E-state index < -0.39 is 63.4 Å². The first-order valence-electron chi connectivity index (χ1n) is 15.6. The van der Waals surface area contributed by atoms with Crippen molar-refractivity contribution in [2.75, 3.05) is 29.9 Å². The predicted molar refractivity (Wildman–Crippen MR) is 176 cm³/mol. The highest BCUT2D eigenvalue weighted by atomic mass is 19.1. The molecular formula is C35H35F3N6O4. The van der Waals surface area contributed by atoms with Crippen LogP contribution in [0.25, 0.3) is 27.7 Å². The fraction of sp³-hybridized carbons (Fsp3) is 0.343. The van der Waals surface area contributed by atoms with Crippen LogP contribution in [-0.4, -0.2) is 68.6 Å². The Hall–Kier alpha value is -5.20. The fourth-order valence-corrected chi connectivity index (χ4v) is 6.91. The summed E-state index contributed by atoms with van der Waals surface area (Å²) in [6.45, 7) is 12.7. The number of piperazine rings is 1. The first-order valence-corrected chi connectivity index (χ1v) is 15.6. The zero-order chi connectivity index (χ0) is 34.9. The minimum absolute atomic E-state index is 0.0530. The van der Waals surface area contributed by atoms with Gasteiger partial charge in [-0.05, 0) is 43.0 Å². The van der Waals surface area contributed by atoms with Gasteiger partial charge in [0.1, 0.15) is 35.4 Å². The number of halogens is 3. The highest BCUT2D eigenvalue weighted by molar-refractivity contribution is 6.13. The number of carbonyl (C=O) groups is 2. The van der Waals surface area contributed by atoms with Gasteiger partial charge in [0.05, 0.1) is 46.0 Å². The molecule has 0 spiro atoms. The second kappa shape index (κ2) is 11.8. The van der Waals surface area contributed by atoms with Crippen LogP contribution in [0.1, 0.15) is 57.8 Å². The van der Waals surface area contributed by atoms with Crippen LogP contribution in [0.4, 0.5) is 24.5 Å². The van der Waals surface area contributed by atoms with E-state index in [2.05, 4.69) is 16.5 Å². The van der Waals surface area contributed by atoms with E-state index in [9.17, 15) is 19.5 Å². The van der Waals surface area contributed by atoms with Gasteiger partial charge in [-0.3, -0.25) is 19.0 Å². The van der Waals surface area contributed by atoms with E-state index in [-0.39, 0.29) is 53.3 Å². The van der Waals surface area contributed by atoms with Crippen LogP contribution in [-0.2, 0) is 9.59 Å². The molecule has 0 radical (unpaired) electrons. The molecule has 1 saturated heterocycles. The number of carbonyl (C=O) groups excluding carboxylic acids is 2. The molecule has 2 aliphatic heterocycles. The minimum atomic E-state index is -1.30. The van der Waals surface area contributed by atoms with E-state index in [4.69, 9.17) is 0 Å². The predicted octanol–water partition coefficient (Wildman–Crippen LogP) is 5.39. The maximum atomic E-state index is 17.3. The van der Waals surface area contributed by atoms with Crippen molar-refractivity contribution in [1.82, 2.24) is 19.4 Å². The van der Waals surface area contributed by atoms with E-state index in [0.717, 1.165) is 33.7 Å². The Morgan fingerprint density at radius 2 is 1.62 bits per heavy atom. The summed E-state index contributed by atoms with van der Waals surface area (Å²) < 4.78 is 50.0. The molecule has 0 saturated carbocycles. The zero-order valence-electron chi connectivity index (χ0n) is 27.4. The summed E-state index contributed by atoms with van der Waals surface area (Å²) >= 11 is 0. The number of phenols is 1. The molecule has 6 rings (SSSR count). The van der Waals surface area contributed by atoms with Gasteiger partial charge in [-0.2, -0.15) is 0 Å². The third-order valence-corrected chi connectivity index (χ3v) is 9.17. The lowest BCUT2D eigenvalue weighted by molar-refractivity contribution is -0.130. The van der Waals surface area contributed by atoms with Gasteiger partial charge < -0.3 is 19.8 Å². The van der Waals surface area contributed by atoms with Crippen molar-refractivity contribution in [2.45, 2.75) is 58.5 Å². The lowest BCUT2D eigenvalue weighted by Crippen LogP contribution is -2.66. The van der Waals surface area contributed by atoms with Crippen molar-refractivity contribution in [2.24, 2.45) is 0 Å². The molecule has 2 amide bonds. The topological polar surface area (TPSA) is 112 Å². The molecule has 0 aliphatic carbocycles. The number of likely N-dealkylation sites (N-methyl/N-ethyl adjacent to an activating group) is 1. The van der Waals surface area contributed by atoms with Crippen molar-refractivity contribution < 1.29 is 27.9 Å². The Kier molecular flexibility index (Phi) is 8.04. The van der Waals surface area contributed by atoms with E-state index in [1.54, 1.807) is 11.8 Å². The molecule has 2 aliphatic rings. The number of benzene rings is 2. The normalized spacial score (nSPS) is 17.7. The third kappa shape index (κ3) is 4.74. The van der Waals surface area contributed by atoms with Crippen molar-refractivity contribution >= 4 is 34.1 Å². The zero-order valence-corrected chi connectivity index (χ0v) is 27.4. The summed E-state index contributed by atoms with van der Waals surface area (Å²) in [6.07, 6.45) is 2.50. The molecule has 4 heterocycles. The van der Waals surface area contributed by atoms with Crippen molar-refractivity contribution in [3.8, 4) is 22.6 Å². The summed E-state index contributed by atoms with van der Waals surface area (Å²) in [5, 5.41) is 10.5. The standard InChI is InChI=1S/C35H35F3N6O4/c1-8-24(46)42-14-22-34(47)41(7)33-31(43(22)13-18(42)6)19-12-21(37)26(25-20(36)10-9-11-23(25)45)27(38)30(19)44(35(33)48)32-28(16(2)3)39-15-40-29(32)17(4)5/h8-12,15-18,22,45H,1,13-14H2,2-7H3/t18-,22-/m1/s1. The quantitative estimate of drug-likeness (QED) is 0.286. The number of nitrogens with zero attached hydrogens (tertiary/aromatic N) is 6. The molecule has 1 N–H and O–H groups in total. The molecule has 4 aromatic rings. The molecule has 0 unspecified atom stereocenters. The largest absolute Gasteiger partial charge is 0.507 e. The van der Waals surface area contributed by atoms with E-state index in [1.807, 2.05) is 27.7 Å². The van der Waals surface area contributed by atoms with Crippen molar-refractivity contribution in [3.05, 3.63) is 82.4 Å². The Bertz CT molecular complexity index is 2050. The van der Waals surface area contributed by atoms with Gasteiger partial charge in [-0.15, -0.1) is 0 Å². The number of fused-ring (bicyclic) bond motifs is 5. The van der Waals surface area contributed by atoms with Gasteiger partial charge in [0.25, 0.3) is 11.5 Å². The van der Waals surface area contributed by atoms with E-state index in [1.165, 1.54) is 24.3 Å². The van der Waals surface area contributed by atoms with Crippen LogP contribution in [0.2, 0.25) is 0 Å². The SMILES string of the molecule is C=CC(=O)N1C[C@@H]2C(=O)N(C)c3c(c4cc(F)c(-c5c(O)cccc5F)c(F)c4n(-c4c(C(C)C)ncnc4C(C)C)c3=O)N2C[C@H]1C. The van der Waals surface area contributed by atoms with Gasteiger partial charge >= 0.3 is 0 Å². The van der Waals surface area contributed by atoms with Gasteiger partial charge in [0.15, 0.2) is 5.82 Å². The Balaban J connectivity index is 1.82. The first kappa shape index (κ1) is 32.7. The number of aromatic nitrogens is 3. The number of rotatable bonds is 5. The molecule has 2 aromatic heterocycles. The van der Waals surface area contributed by atoms with Crippen molar-refractivity contribution in [1.29, 1.82) is 0 Å². The monoisotopic (exact) mass is 660 g/mol. The number of phenolic OH excluding ortho intramolecular Hbond substituents is 1.